The highest BCUT2D eigenvalue weighted by Crippen LogP contribution is 2.51. The predicted molar refractivity (Wildman–Crippen MR) is 145 cm³/mol. The van der Waals surface area contributed by atoms with Crippen LogP contribution in [0.15, 0.2) is 112 Å². The number of rotatable bonds is 3. The van der Waals surface area contributed by atoms with Gasteiger partial charge in [-0.2, -0.15) is 0 Å². The van der Waals surface area contributed by atoms with Gasteiger partial charge in [-0.25, -0.2) is 4.99 Å². The molecule has 6 rings (SSSR count). The summed E-state index contributed by atoms with van der Waals surface area (Å²) in [5.74, 6) is 0.582. The lowest BCUT2D eigenvalue weighted by molar-refractivity contribution is 0.425. The molecule has 0 aromatic heterocycles. The first-order chi connectivity index (χ1) is 16.7. The molecule has 3 aliphatic rings. The molecule has 1 aliphatic carbocycles. The van der Waals surface area contributed by atoms with Crippen LogP contribution >= 0.6 is 11.8 Å². The lowest BCUT2D eigenvalue weighted by Gasteiger charge is -2.41. The number of aliphatic imine (C=N–C) groups is 1. The fourth-order valence-corrected chi connectivity index (χ4v) is 6.24. The van der Waals surface area contributed by atoms with Gasteiger partial charge in [0, 0.05) is 5.41 Å². The van der Waals surface area contributed by atoms with Crippen molar-refractivity contribution in [1.82, 2.24) is 4.90 Å². The summed E-state index contributed by atoms with van der Waals surface area (Å²) in [6, 6.07) is 30.7. The van der Waals surface area contributed by atoms with Crippen molar-refractivity contribution in [3.05, 3.63) is 129 Å². The van der Waals surface area contributed by atoms with Crippen molar-refractivity contribution in [1.29, 1.82) is 0 Å². The minimum atomic E-state index is 0.160. The zero-order valence-corrected chi connectivity index (χ0v) is 20.4. The largest absolute Gasteiger partial charge is 0.308 e. The van der Waals surface area contributed by atoms with Gasteiger partial charge >= 0.3 is 0 Å². The molecule has 0 bridgehead atoms. The molecule has 3 aromatic carbocycles. The minimum Gasteiger partial charge on any atom is -0.308 e. The average Bonchev–Trinajstić information content (AvgIpc) is 3.28. The van der Waals surface area contributed by atoms with E-state index in [-0.39, 0.29) is 6.04 Å². The Morgan fingerprint density at radius 2 is 1.59 bits per heavy atom. The average molecular weight is 461 g/mol. The van der Waals surface area contributed by atoms with Gasteiger partial charge in [0.1, 0.15) is 0 Å². The highest BCUT2D eigenvalue weighted by Gasteiger charge is 2.41. The molecule has 0 saturated carbocycles. The summed E-state index contributed by atoms with van der Waals surface area (Å²) in [6.45, 7) is 4.52. The van der Waals surface area contributed by atoms with Gasteiger partial charge in [-0.3, -0.25) is 0 Å². The monoisotopic (exact) mass is 460 g/mol. The predicted octanol–water partition coefficient (Wildman–Crippen LogP) is 8.22. The number of hydrogen-bond donors (Lipinski definition) is 0. The molecule has 0 spiro atoms. The van der Waals surface area contributed by atoms with Crippen LogP contribution < -0.4 is 0 Å². The van der Waals surface area contributed by atoms with Crippen LogP contribution in [0.25, 0.3) is 11.8 Å². The van der Waals surface area contributed by atoms with E-state index < -0.39 is 0 Å². The molecule has 2 aliphatic heterocycles. The Bertz CT molecular complexity index is 1330. The third-order valence-electron chi connectivity index (χ3n) is 6.89. The highest BCUT2D eigenvalue weighted by molar-refractivity contribution is 8.16. The SMILES string of the molecule is Cc1ccc(C2=CSC3=NC4=C(C[C@H](C)C/C4=C/c4ccccc4)[C@@H](c4ccccc4)N23)cc1. The van der Waals surface area contributed by atoms with Gasteiger partial charge in [0.2, 0.25) is 0 Å². The van der Waals surface area contributed by atoms with Gasteiger partial charge in [0.05, 0.1) is 17.4 Å². The molecule has 0 unspecified atom stereocenters. The fraction of sp³-hybridized carbons (Fsp3) is 0.194. The van der Waals surface area contributed by atoms with Crippen LogP contribution in [0.5, 0.6) is 0 Å². The summed E-state index contributed by atoms with van der Waals surface area (Å²) in [4.78, 5) is 7.79. The van der Waals surface area contributed by atoms with Crippen LogP contribution in [-0.4, -0.2) is 10.1 Å². The Balaban J connectivity index is 1.51. The molecular formula is C31H28N2S. The van der Waals surface area contributed by atoms with E-state index in [0.717, 1.165) is 18.0 Å². The first-order valence-corrected chi connectivity index (χ1v) is 12.9. The Hall–Kier alpha value is -3.30. The lowest BCUT2D eigenvalue weighted by Crippen LogP contribution is -2.35. The number of nitrogens with zero attached hydrogens (tertiary/aromatic N) is 2. The van der Waals surface area contributed by atoms with Crippen LogP contribution in [0.2, 0.25) is 0 Å². The molecule has 34 heavy (non-hydrogen) atoms. The van der Waals surface area contributed by atoms with E-state index in [1.54, 1.807) is 11.8 Å². The number of hydrogen-bond acceptors (Lipinski definition) is 3. The summed E-state index contributed by atoms with van der Waals surface area (Å²) in [5, 5.41) is 3.36. The standard InChI is InChI=1S/C31H28N2S/c1-21-13-15-24(16-14-21)28-20-34-31-32-29-26(19-23-9-5-3-6-10-23)17-22(2)18-27(29)30(33(28)31)25-11-7-4-8-12-25/h3-16,19-20,22,30H,17-18H2,1-2H3/b26-19-/t22-,30-/m1/s1. The zero-order valence-electron chi connectivity index (χ0n) is 19.6. The third kappa shape index (κ3) is 3.84. The zero-order chi connectivity index (χ0) is 23.1. The van der Waals surface area contributed by atoms with Crippen LogP contribution in [0.3, 0.4) is 0 Å². The number of allylic oxidation sites excluding steroid dienone is 1. The maximum atomic E-state index is 5.31. The molecule has 0 radical (unpaired) electrons. The van der Waals surface area contributed by atoms with Crippen molar-refractivity contribution in [2.75, 3.05) is 0 Å². The van der Waals surface area contributed by atoms with Gasteiger partial charge < -0.3 is 4.90 Å². The second-order valence-corrected chi connectivity index (χ2v) is 10.4. The van der Waals surface area contributed by atoms with Crippen molar-refractivity contribution in [3.63, 3.8) is 0 Å². The molecule has 168 valence electrons. The molecule has 2 heterocycles. The summed E-state index contributed by atoms with van der Waals surface area (Å²) < 4.78 is 0. The molecule has 0 saturated heterocycles. The van der Waals surface area contributed by atoms with Gasteiger partial charge in [-0.1, -0.05) is 109 Å². The summed E-state index contributed by atoms with van der Waals surface area (Å²) in [6.07, 6.45) is 4.48. The maximum absolute atomic E-state index is 5.31. The van der Waals surface area contributed by atoms with Crippen molar-refractivity contribution in [2.45, 2.75) is 32.7 Å². The smallest absolute Gasteiger partial charge is 0.174 e. The number of fused-ring (bicyclic) bond motifs is 1. The normalized spacial score (nSPS) is 22.9. The van der Waals surface area contributed by atoms with Crippen molar-refractivity contribution < 1.29 is 0 Å². The van der Waals surface area contributed by atoms with E-state index >= 15 is 0 Å². The molecule has 0 N–H and O–H groups in total. The van der Waals surface area contributed by atoms with E-state index in [9.17, 15) is 0 Å². The Labute approximate surface area is 206 Å². The highest BCUT2D eigenvalue weighted by atomic mass is 32.2. The second kappa shape index (κ2) is 8.81. The summed E-state index contributed by atoms with van der Waals surface area (Å²) in [5.41, 5.74) is 10.4. The van der Waals surface area contributed by atoms with E-state index in [4.69, 9.17) is 4.99 Å². The van der Waals surface area contributed by atoms with Gasteiger partial charge in [0.15, 0.2) is 5.17 Å². The van der Waals surface area contributed by atoms with E-state index in [0.29, 0.717) is 5.92 Å². The molecule has 0 amide bonds. The third-order valence-corrected chi connectivity index (χ3v) is 7.73. The number of amidine groups is 1. The maximum Gasteiger partial charge on any atom is 0.174 e. The quantitative estimate of drug-likeness (QED) is 0.391. The van der Waals surface area contributed by atoms with Crippen molar-refractivity contribution >= 4 is 28.7 Å². The molecule has 3 aromatic rings. The summed E-state index contributed by atoms with van der Waals surface area (Å²) >= 11 is 1.75. The van der Waals surface area contributed by atoms with Crippen LogP contribution in [0, 0.1) is 12.8 Å². The van der Waals surface area contributed by atoms with Crippen LogP contribution in [0.4, 0.5) is 0 Å². The Morgan fingerprint density at radius 1 is 0.882 bits per heavy atom. The topological polar surface area (TPSA) is 15.6 Å². The Kier molecular flexibility index (Phi) is 5.50. The number of benzene rings is 3. The molecule has 2 atom stereocenters. The van der Waals surface area contributed by atoms with Gasteiger partial charge in [-0.05, 0) is 59.6 Å². The number of aryl methyl sites for hydroxylation is 1. The van der Waals surface area contributed by atoms with Crippen LogP contribution in [-0.2, 0) is 0 Å². The molecular weight excluding hydrogens is 432 g/mol. The van der Waals surface area contributed by atoms with E-state index in [1.807, 2.05) is 0 Å². The summed E-state index contributed by atoms with van der Waals surface area (Å²) in [7, 11) is 0. The molecule has 3 heteroatoms. The van der Waals surface area contributed by atoms with Crippen molar-refractivity contribution in [3.8, 4) is 0 Å². The van der Waals surface area contributed by atoms with E-state index in [2.05, 4.69) is 115 Å². The van der Waals surface area contributed by atoms with Crippen molar-refractivity contribution in [2.24, 2.45) is 10.9 Å². The van der Waals surface area contributed by atoms with Crippen LogP contribution in [0.1, 0.15) is 48.1 Å². The molecule has 2 nitrogen and oxygen atoms in total. The minimum absolute atomic E-state index is 0.160. The van der Waals surface area contributed by atoms with E-state index in [1.165, 1.54) is 44.8 Å². The van der Waals surface area contributed by atoms with Gasteiger partial charge in [-0.15, -0.1) is 0 Å². The first-order valence-electron chi connectivity index (χ1n) is 12.0. The van der Waals surface area contributed by atoms with Gasteiger partial charge in [0.25, 0.3) is 0 Å². The fourth-order valence-electron chi connectivity index (χ4n) is 5.31. The lowest BCUT2D eigenvalue weighted by atomic mass is 9.78. The second-order valence-electron chi connectivity index (χ2n) is 9.53. The first kappa shape index (κ1) is 21.2. The Morgan fingerprint density at radius 3 is 2.32 bits per heavy atom. The molecule has 0 fully saturated rings. The number of thioether (sulfide) groups is 1.